The molecule has 0 spiro atoms. The van der Waals surface area contributed by atoms with E-state index < -0.39 is 32.1 Å². The van der Waals surface area contributed by atoms with Gasteiger partial charge in [0, 0.05) is 0 Å². The normalized spacial score (nSPS) is 11.4. The standard InChI is InChI=1S/C11H9AsF3N/c1-12(2)7-9(14)8(13)6-4-3-5-16-11(6)10(7)15/h3-5H,1-2H3. The molecular weight excluding hydrogens is 278 g/mol. The number of hydrogen-bond donors (Lipinski definition) is 0. The summed E-state index contributed by atoms with van der Waals surface area (Å²) in [5.74, 6) is -2.76. The third-order valence-electron chi connectivity index (χ3n) is 2.31. The maximum atomic E-state index is 13.9. The summed E-state index contributed by atoms with van der Waals surface area (Å²) in [6.07, 6.45) is 1.37. The van der Waals surface area contributed by atoms with E-state index in [-0.39, 0.29) is 15.3 Å². The van der Waals surface area contributed by atoms with Crippen molar-refractivity contribution in [2.75, 3.05) is 0 Å². The predicted molar refractivity (Wildman–Crippen MR) is 58.7 cm³/mol. The molecule has 0 saturated carbocycles. The summed E-state index contributed by atoms with van der Waals surface area (Å²) >= 11 is -1.84. The molecular formula is C11H9AsF3N. The summed E-state index contributed by atoms with van der Waals surface area (Å²) in [7, 11) is 0. The molecule has 2 rings (SSSR count). The second kappa shape index (κ2) is 4.10. The summed E-state index contributed by atoms with van der Waals surface area (Å²) in [4.78, 5) is 3.77. The van der Waals surface area contributed by atoms with Crippen LogP contribution in [0.1, 0.15) is 0 Å². The van der Waals surface area contributed by atoms with Crippen LogP contribution in [0.5, 0.6) is 0 Å². The topological polar surface area (TPSA) is 12.9 Å². The number of fused-ring (bicyclic) bond motifs is 1. The SMILES string of the molecule is C[As](C)c1c(F)c(F)c2cccnc2c1F. The molecule has 84 valence electrons. The van der Waals surface area contributed by atoms with Crippen molar-refractivity contribution in [3.8, 4) is 0 Å². The van der Waals surface area contributed by atoms with Crippen molar-refractivity contribution in [2.24, 2.45) is 0 Å². The van der Waals surface area contributed by atoms with Crippen molar-refractivity contribution >= 4 is 29.9 Å². The van der Waals surface area contributed by atoms with Crippen LogP contribution < -0.4 is 4.35 Å². The van der Waals surface area contributed by atoms with E-state index in [0.29, 0.717) is 0 Å². The van der Waals surface area contributed by atoms with E-state index in [9.17, 15) is 13.2 Å². The number of halogens is 3. The molecule has 0 aliphatic carbocycles. The molecule has 0 aliphatic heterocycles. The second-order valence-corrected chi connectivity index (χ2v) is 8.28. The van der Waals surface area contributed by atoms with Crippen LogP contribution >= 0.6 is 0 Å². The molecule has 2 aromatic rings. The average molecular weight is 287 g/mol. The van der Waals surface area contributed by atoms with Gasteiger partial charge < -0.3 is 0 Å². The quantitative estimate of drug-likeness (QED) is 0.580. The molecule has 16 heavy (non-hydrogen) atoms. The van der Waals surface area contributed by atoms with E-state index in [4.69, 9.17) is 0 Å². The number of nitrogens with zero attached hydrogens (tertiary/aromatic N) is 1. The summed E-state index contributed by atoms with van der Waals surface area (Å²) in [6.45, 7) is 0. The van der Waals surface area contributed by atoms with Gasteiger partial charge in [0.25, 0.3) is 0 Å². The molecule has 1 nitrogen and oxygen atoms in total. The van der Waals surface area contributed by atoms with Crippen LogP contribution in [0.2, 0.25) is 11.4 Å². The van der Waals surface area contributed by atoms with Crippen molar-refractivity contribution in [3.05, 3.63) is 35.8 Å². The minimum absolute atomic E-state index is 0.0838. The number of aromatic nitrogens is 1. The van der Waals surface area contributed by atoms with Gasteiger partial charge in [0.1, 0.15) is 0 Å². The summed E-state index contributed by atoms with van der Waals surface area (Å²) < 4.78 is 41.1. The maximum absolute atomic E-state index is 13.9. The van der Waals surface area contributed by atoms with E-state index in [1.165, 1.54) is 18.3 Å². The summed E-state index contributed by atoms with van der Waals surface area (Å²) in [5, 5.41) is -0.0999. The average Bonchev–Trinajstić information content (AvgIpc) is 2.26. The Labute approximate surface area is 95.6 Å². The van der Waals surface area contributed by atoms with Gasteiger partial charge in [0.15, 0.2) is 0 Å². The van der Waals surface area contributed by atoms with Gasteiger partial charge in [-0.3, -0.25) is 0 Å². The van der Waals surface area contributed by atoms with Crippen LogP contribution in [0.3, 0.4) is 0 Å². The third-order valence-corrected chi connectivity index (χ3v) is 5.01. The van der Waals surface area contributed by atoms with Crippen LogP contribution in [0, 0.1) is 17.5 Å². The molecule has 0 bridgehead atoms. The molecule has 1 heterocycles. The Morgan fingerprint density at radius 3 is 2.38 bits per heavy atom. The van der Waals surface area contributed by atoms with Gasteiger partial charge in [-0.05, 0) is 0 Å². The van der Waals surface area contributed by atoms with Gasteiger partial charge in [0.2, 0.25) is 0 Å². The molecule has 0 fully saturated rings. The summed E-state index contributed by atoms with van der Waals surface area (Å²) in [5.41, 5.74) is 3.42. The molecule has 0 N–H and O–H groups in total. The fourth-order valence-electron chi connectivity index (χ4n) is 1.58. The Morgan fingerprint density at radius 2 is 1.75 bits per heavy atom. The Hall–Kier alpha value is -1.02. The van der Waals surface area contributed by atoms with Gasteiger partial charge in [-0.15, -0.1) is 0 Å². The van der Waals surface area contributed by atoms with Crippen LogP contribution in [0.15, 0.2) is 18.3 Å². The number of pyridine rings is 1. The monoisotopic (exact) mass is 287 g/mol. The predicted octanol–water partition coefficient (Wildman–Crippen LogP) is 2.61. The fourth-order valence-corrected chi connectivity index (χ4v) is 3.66. The third kappa shape index (κ3) is 1.61. The van der Waals surface area contributed by atoms with Gasteiger partial charge in [-0.1, -0.05) is 0 Å². The Morgan fingerprint density at radius 1 is 1.06 bits per heavy atom. The zero-order chi connectivity index (χ0) is 11.9. The first-order valence-electron chi connectivity index (χ1n) is 4.62. The number of benzene rings is 1. The minimum atomic E-state index is -1.84. The van der Waals surface area contributed by atoms with Gasteiger partial charge >= 0.3 is 95.3 Å². The van der Waals surface area contributed by atoms with E-state index in [1.807, 2.05) is 0 Å². The van der Waals surface area contributed by atoms with E-state index in [0.717, 1.165) is 0 Å². The van der Waals surface area contributed by atoms with Crippen LogP contribution in [0.4, 0.5) is 13.2 Å². The zero-order valence-electron chi connectivity index (χ0n) is 8.76. The number of hydrogen-bond acceptors (Lipinski definition) is 1. The van der Waals surface area contributed by atoms with E-state index in [2.05, 4.69) is 4.98 Å². The van der Waals surface area contributed by atoms with E-state index in [1.54, 1.807) is 11.4 Å². The second-order valence-electron chi connectivity index (χ2n) is 3.58. The zero-order valence-corrected chi connectivity index (χ0v) is 10.6. The molecule has 5 heteroatoms. The van der Waals surface area contributed by atoms with Crippen LogP contribution in [-0.2, 0) is 0 Å². The first-order chi connectivity index (χ1) is 7.54. The molecule has 0 amide bonds. The fraction of sp³-hybridized carbons (Fsp3) is 0.182. The van der Waals surface area contributed by atoms with Gasteiger partial charge in [0.05, 0.1) is 0 Å². The molecule has 0 unspecified atom stereocenters. The molecule has 0 saturated heterocycles. The van der Waals surface area contributed by atoms with Crippen molar-refractivity contribution < 1.29 is 13.2 Å². The summed E-state index contributed by atoms with van der Waals surface area (Å²) in [6, 6.07) is 2.79. The Kier molecular flexibility index (Phi) is 2.93. The first-order valence-corrected chi connectivity index (χ1v) is 9.31. The van der Waals surface area contributed by atoms with Crippen molar-refractivity contribution in [3.63, 3.8) is 0 Å². The molecule has 1 aromatic heterocycles. The van der Waals surface area contributed by atoms with Crippen LogP contribution in [0.25, 0.3) is 10.9 Å². The first kappa shape index (κ1) is 11.5. The Bertz CT molecular complexity index is 554. The number of rotatable bonds is 1. The molecule has 0 radical (unpaired) electrons. The van der Waals surface area contributed by atoms with Gasteiger partial charge in [-0.25, -0.2) is 0 Å². The molecule has 0 aliphatic rings. The molecule has 0 atom stereocenters. The van der Waals surface area contributed by atoms with Crippen LogP contribution in [-0.4, -0.2) is 19.6 Å². The van der Waals surface area contributed by atoms with Crippen molar-refractivity contribution in [1.29, 1.82) is 0 Å². The Balaban J connectivity index is 2.94. The van der Waals surface area contributed by atoms with Gasteiger partial charge in [-0.2, -0.15) is 0 Å². The molecule has 1 aromatic carbocycles. The van der Waals surface area contributed by atoms with E-state index >= 15 is 0 Å². The van der Waals surface area contributed by atoms with Crippen molar-refractivity contribution in [1.82, 2.24) is 4.98 Å². The van der Waals surface area contributed by atoms with Crippen molar-refractivity contribution in [2.45, 2.75) is 11.4 Å².